The Morgan fingerprint density at radius 1 is 0.967 bits per heavy atom. The molecule has 0 spiro atoms. The normalized spacial score (nSPS) is 16.5. The number of nitrogens with one attached hydrogen (secondary N) is 1. The molecule has 5 rings (SSSR count). The summed E-state index contributed by atoms with van der Waals surface area (Å²) in [6, 6.07) is 25.6. The number of fused-ring (bicyclic) bond motifs is 1. The van der Waals surface area contributed by atoms with Crippen molar-refractivity contribution in [1.29, 1.82) is 0 Å². The summed E-state index contributed by atoms with van der Waals surface area (Å²) in [5.41, 5.74) is 4.95. The van der Waals surface area contributed by atoms with E-state index in [4.69, 9.17) is 11.6 Å². The minimum absolute atomic E-state index is 0.155. The number of pyridine rings is 1. The molecule has 0 aliphatic carbocycles. The third-order valence-electron chi connectivity index (χ3n) is 4.78. The third-order valence-corrected chi connectivity index (χ3v) is 5.94. The monoisotopic (exact) mass is 429 g/mol. The summed E-state index contributed by atoms with van der Waals surface area (Å²) in [5.74, 6) is -0.155. The number of aliphatic imine (C=N–C) groups is 1. The van der Waals surface area contributed by atoms with Gasteiger partial charge in [0.05, 0.1) is 16.3 Å². The lowest BCUT2D eigenvalue weighted by atomic mass is 10.1. The van der Waals surface area contributed by atoms with Crippen LogP contribution < -0.4 is 5.32 Å². The lowest BCUT2D eigenvalue weighted by Gasteiger charge is -2.03. The molecule has 0 saturated carbocycles. The zero-order chi connectivity index (χ0) is 20.5. The van der Waals surface area contributed by atoms with E-state index in [1.807, 2.05) is 54.7 Å². The fourth-order valence-corrected chi connectivity index (χ4v) is 4.32. The number of carbonyl (C=O) groups is 1. The Bertz CT molecular complexity index is 1310. The Morgan fingerprint density at radius 3 is 2.53 bits per heavy atom. The first-order valence-electron chi connectivity index (χ1n) is 9.38. The second-order valence-electron chi connectivity index (χ2n) is 6.76. The van der Waals surface area contributed by atoms with Gasteiger partial charge in [-0.05, 0) is 65.9 Å². The van der Waals surface area contributed by atoms with Crippen molar-refractivity contribution < 1.29 is 4.79 Å². The number of hydrogen-bond donors (Lipinski definition) is 1. The lowest BCUT2D eigenvalue weighted by molar-refractivity contribution is -0.115. The SMILES string of the molecule is O=C1NC(=Nc2ccc(Cl)cc2)S/C1=C/c1c(-c2ccccc2)cc2ccccn12. The molecule has 3 heterocycles. The minimum Gasteiger partial charge on any atom is -0.316 e. The lowest BCUT2D eigenvalue weighted by Crippen LogP contribution is -2.19. The van der Waals surface area contributed by atoms with Gasteiger partial charge in [-0.25, -0.2) is 4.99 Å². The first-order chi connectivity index (χ1) is 14.7. The van der Waals surface area contributed by atoms with Gasteiger partial charge in [0.1, 0.15) is 0 Å². The molecule has 6 heteroatoms. The van der Waals surface area contributed by atoms with Crippen LogP contribution in [0.2, 0.25) is 5.02 Å². The highest BCUT2D eigenvalue weighted by molar-refractivity contribution is 8.18. The number of hydrogen-bond acceptors (Lipinski definition) is 3. The smallest absolute Gasteiger partial charge is 0.264 e. The quantitative estimate of drug-likeness (QED) is 0.397. The average Bonchev–Trinajstić information content (AvgIpc) is 3.31. The molecule has 2 aromatic heterocycles. The van der Waals surface area contributed by atoms with Crippen molar-refractivity contribution in [1.82, 2.24) is 9.72 Å². The molecule has 1 saturated heterocycles. The van der Waals surface area contributed by atoms with Crippen molar-refractivity contribution in [3.8, 4) is 11.1 Å². The van der Waals surface area contributed by atoms with Crippen molar-refractivity contribution in [2.75, 3.05) is 0 Å². The molecule has 0 bridgehead atoms. The molecular weight excluding hydrogens is 414 g/mol. The zero-order valence-corrected chi connectivity index (χ0v) is 17.3. The van der Waals surface area contributed by atoms with Crippen LogP contribution in [0.3, 0.4) is 0 Å². The maximum Gasteiger partial charge on any atom is 0.264 e. The van der Waals surface area contributed by atoms with E-state index < -0.39 is 0 Å². The van der Waals surface area contributed by atoms with Crippen LogP contribution in [0.15, 0.2) is 95.0 Å². The van der Waals surface area contributed by atoms with Gasteiger partial charge in [0.2, 0.25) is 0 Å². The maximum absolute atomic E-state index is 12.6. The molecule has 0 atom stereocenters. The fourth-order valence-electron chi connectivity index (χ4n) is 3.38. The summed E-state index contributed by atoms with van der Waals surface area (Å²) >= 11 is 7.26. The van der Waals surface area contributed by atoms with Gasteiger partial charge in [-0.2, -0.15) is 0 Å². The topological polar surface area (TPSA) is 45.9 Å². The minimum atomic E-state index is -0.155. The van der Waals surface area contributed by atoms with Crippen LogP contribution in [0.4, 0.5) is 5.69 Å². The van der Waals surface area contributed by atoms with Crippen molar-refractivity contribution in [2.45, 2.75) is 0 Å². The molecule has 4 nitrogen and oxygen atoms in total. The molecule has 4 aromatic rings. The van der Waals surface area contributed by atoms with E-state index >= 15 is 0 Å². The molecule has 0 unspecified atom stereocenters. The van der Waals surface area contributed by atoms with Crippen molar-refractivity contribution >= 4 is 51.7 Å². The van der Waals surface area contributed by atoms with Gasteiger partial charge >= 0.3 is 0 Å². The van der Waals surface area contributed by atoms with Crippen LogP contribution in [0.25, 0.3) is 22.7 Å². The molecule has 30 heavy (non-hydrogen) atoms. The van der Waals surface area contributed by atoms with Crippen LogP contribution in [0.5, 0.6) is 0 Å². The van der Waals surface area contributed by atoms with E-state index in [2.05, 4.69) is 39.0 Å². The molecule has 1 amide bonds. The molecule has 1 aliphatic rings. The van der Waals surface area contributed by atoms with Crippen molar-refractivity contribution in [3.63, 3.8) is 0 Å². The summed E-state index contributed by atoms with van der Waals surface area (Å²) in [5, 5.41) is 4.05. The second kappa shape index (κ2) is 7.86. The fraction of sp³-hybridized carbons (Fsp3) is 0. The number of rotatable bonds is 3. The van der Waals surface area contributed by atoms with Gasteiger partial charge in [0.25, 0.3) is 5.91 Å². The summed E-state index contributed by atoms with van der Waals surface area (Å²) in [4.78, 5) is 17.7. The van der Waals surface area contributed by atoms with E-state index in [-0.39, 0.29) is 5.91 Å². The largest absolute Gasteiger partial charge is 0.316 e. The number of thioether (sulfide) groups is 1. The van der Waals surface area contributed by atoms with Gasteiger partial charge in [-0.15, -0.1) is 0 Å². The number of amides is 1. The van der Waals surface area contributed by atoms with Gasteiger partial charge in [0.15, 0.2) is 5.17 Å². The summed E-state index contributed by atoms with van der Waals surface area (Å²) in [7, 11) is 0. The molecule has 0 radical (unpaired) electrons. The van der Waals surface area contributed by atoms with E-state index in [9.17, 15) is 4.79 Å². The molecule has 1 aliphatic heterocycles. The standard InChI is InChI=1S/C24H16ClN3OS/c25-17-9-11-18(12-10-17)26-24-27-23(29)22(30-24)15-21-20(16-6-2-1-3-7-16)14-19-8-4-5-13-28(19)21/h1-15H,(H,26,27,29)/b22-15+. The average molecular weight is 430 g/mol. The highest BCUT2D eigenvalue weighted by Gasteiger charge is 2.25. The Hall–Kier alpha value is -3.28. The van der Waals surface area contributed by atoms with Crippen molar-refractivity contribution in [2.24, 2.45) is 4.99 Å². The van der Waals surface area contributed by atoms with Crippen LogP contribution >= 0.6 is 23.4 Å². The second-order valence-corrected chi connectivity index (χ2v) is 8.23. The molecule has 146 valence electrons. The number of amidine groups is 1. The van der Waals surface area contributed by atoms with Crippen molar-refractivity contribution in [3.05, 3.63) is 101 Å². The van der Waals surface area contributed by atoms with Crippen LogP contribution in [0.1, 0.15) is 5.69 Å². The Balaban J connectivity index is 1.56. The Morgan fingerprint density at radius 2 is 1.73 bits per heavy atom. The first kappa shape index (κ1) is 18.7. The first-order valence-corrected chi connectivity index (χ1v) is 10.6. The highest BCUT2D eigenvalue weighted by atomic mass is 35.5. The van der Waals surface area contributed by atoms with Crippen LogP contribution in [-0.2, 0) is 4.79 Å². The summed E-state index contributed by atoms with van der Waals surface area (Å²) in [6.45, 7) is 0. The van der Waals surface area contributed by atoms with Crippen LogP contribution in [-0.4, -0.2) is 15.5 Å². The van der Waals surface area contributed by atoms with Gasteiger partial charge < -0.3 is 9.72 Å². The van der Waals surface area contributed by atoms with E-state index in [1.54, 1.807) is 12.1 Å². The van der Waals surface area contributed by atoms with Crippen LogP contribution in [0, 0.1) is 0 Å². The van der Waals surface area contributed by atoms with Gasteiger partial charge in [-0.1, -0.05) is 48.0 Å². The highest BCUT2D eigenvalue weighted by Crippen LogP contribution is 2.33. The summed E-state index contributed by atoms with van der Waals surface area (Å²) in [6.07, 6.45) is 3.94. The molecule has 1 N–H and O–H groups in total. The molecular formula is C24H16ClN3OS. The number of carbonyl (C=O) groups excluding carboxylic acids is 1. The van der Waals surface area contributed by atoms with Gasteiger partial charge in [0, 0.05) is 22.3 Å². The Labute approximate surface area is 182 Å². The molecule has 2 aromatic carbocycles. The number of aromatic nitrogens is 1. The third kappa shape index (κ3) is 3.65. The maximum atomic E-state index is 12.6. The van der Waals surface area contributed by atoms with E-state index in [1.165, 1.54) is 11.8 Å². The van der Waals surface area contributed by atoms with E-state index in [0.717, 1.165) is 28.0 Å². The predicted octanol–water partition coefficient (Wildman–Crippen LogP) is 6.15. The zero-order valence-electron chi connectivity index (χ0n) is 15.7. The number of nitrogens with zero attached hydrogens (tertiary/aromatic N) is 2. The van der Waals surface area contributed by atoms with Gasteiger partial charge in [-0.3, -0.25) is 4.79 Å². The Kier molecular flexibility index (Phi) is 4.91. The van der Waals surface area contributed by atoms with E-state index in [0.29, 0.717) is 15.1 Å². The summed E-state index contributed by atoms with van der Waals surface area (Å²) < 4.78 is 2.09. The predicted molar refractivity (Wildman–Crippen MR) is 125 cm³/mol. The molecule has 1 fully saturated rings. The number of benzene rings is 2. The number of halogens is 1.